The number of nitrogens with zero attached hydrogens (tertiary/aromatic N) is 1. The van der Waals surface area contributed by atoms with E-state index in [9.17, 15) is 19.0 Å². The average Bonchev–Trinajstić information content (AvgIpc) is 3.08. The Morgan fingerprint density at radius 3 is 1.03 bits per heavy atom. The number of quaternary nitrogens is 1. The summed E-state index contributed by atoms with van der Waals surface area (Å²) in [4.78, 5) is 38.0. The van der Waals surface area contributed by atoms with Crippen molar-refractivity contribution in [1.82, 2.24) is 5.32 Å². The topological polar surface area (TPSA) is 111 Å². The van der Waals surface area contributed by atoms with Crippen molar-refractivity contribution in [1.29, 1.82) is 0 Å². The highest BCUT2D eigenvalue weighted by Gasteiger charge is 2.30. The second kappa shape index (κ2) is 70.3. The quantitative estimate of drug-likeness (QED) is 0.0205. The normalized spacial score (nSPS) is 13.8. The molecule has 0 aromatic rings. The number of allylic oxidation sites excluding steroid dienone is 11. The summed E-state index contributed by atoms with van der Waals surface area (Å²) in [5.41, 5.74) is 0. The molecule has 0 saturated heterocycles. The minimum absolute atomic E-state index is 0.0394. The van der Waals surface area contributed by atoms with Gasteiger partial charge < -0.3 is 19.4 Å². The molecule has 9 nitrogen and oxygen atoms in total. The number of unbranched alkanes of at least 4 members (excludes halogenated alkanes) is 46. The monoisotopic (exact) mass is 1300 g/mol. The summed E-state index contributed by atoms with van der Waals surface area (Å²) < 4.78 is 30.9. The van der Waals surface area contributed by atoms with Crippen molar-refractivity contribution in [3.05, 3.63) is 72.9 Å². The van der Waals surface area contributed by atoms with Gasteiger partial charge in [-0.2, -0.15) is 0 Å². The number of phosphoric acid groups is 1. The molecular weight excluding hydrogens is 1140 g/mol. The molecule has 0 aliphatic carbocycles. The SMILES string of the molecule is CCCCC/C=C\C/C=C\C/C=C\C/C=C\CCCCCCCCCCCCCC(=O)NC(COP(=O)(O)OCC[N+](C)(C)C)C(/C=C/CCCCCCCCCCC)OC(=O)CCCCCCCCCCCCCCCCCCC/C=C/CCCCCCCC. The minimum Gasteiger partial charge on any atom is -0.456 e. The molecule has 10 heteroatoms. The zero-order chi connectivity index (χ0) is 66.3. The third-order valence-electron chi connectivity index (χ3n) is 17.6. The molecule has 0 fully saturated rings. The minimum atomic E-state index is -4.46. The first-order valence-corrected chi connectivity index (χ1v) is 40.8. The zero-order valence-electron chi connectivity index (χ0n) is 61.1. The van der Waals surface area contributed by atoms with Gasteiger partial charge in [0.15, 0.2) is 0 Å². The number of ether oxygens (including phenoxy) is 1. The Kier molecular flexibility index (Phi) is 68.3. The van der Waals surface area contributed by atoms with E-state index in [1.54, 1.807) is 0 Å². The van der Waals surface area contributed by atoms with E-state index >= 15 is 0 Å². The molecule has 3 atom stereocenters. The number of esters is 1. The summed E-state index contributed by atoms with van der Waals surface area (Å²) in [6.07, 6.45) is 93.7. The van der Waals surface area contributed by atoms with Crippen molar-refractivity contribution in [3.63, 3.8) is 0 Å². The number of carbonyl (C=O) groups excluding carboxylic acids is 2. The molecule has 0 saturated carbocycles. The third kappa shape index (κ3) is 71.6. The van der Waals surface area contributed by atoms with E-state index in [1.807, 2.05) is 33.3 Å². The van der Waals surface area contributed by atoms with Gasteiger partial charge in [-0.15, -0.1) is 0 Å². The largest absolute Gasteiger partial charge is 0.472 e. The smallest absolute Gasteiger partial charge is 0.456 e. The number of phosphoric ester groups is 1. The van der Waals surface area contributed by atoms with Crippen LogP contribution in [-0.4, -0.2) is 74.3 Å². The highest BCUT2D eigenvalue weighted by molar-refractivity contribution is 7.47. The fourth-order valence-corrected chi connectivity index (χ4v) is 12.3. The van der Waals surface area contributed by atoms with Crippen LogP contribution in [0, 0.1) is 0 Å². The summed E-state index contributed by atoms with van der Waals surface area (Å²) in [5.74, 6) is -0.494. The standard InChI is InChI=1S/C81H151N2O7P/c1-7-10-13-16-19-22-25-27-29-31-33-35-37-39-41-43-45-47-49-51-53-55-58-61-64-67-70-73-80(84)82-78(77-89-91(86,87)88-76-75-83(4,5)6)79(72-69-66-63-60-57-24-21-18-15-12-9-3)90-81(85)74-71-68-65-62-59-56-54-52-50-48-46-44-42-40-38-36-34-32-30-28-26-23-20-17-14-11-8-2/h19,22,27-30,33,35,39,41,69,72,78-79H,7-18,20-21,23-26,31-32,34,36-38,40,42-68,70-71,73-77H2,1-6H3,(H-,82,84,86,87)/p+1/b22-19-,29-27-,30-28+,35-33-,41-39-,72-69+. The maximum atomic E-state index is 13.6. The fraction of sp³-hybridized carbons (Fsp3) is 0.827. The van der Waals surface area contributed by atoms with Gasteiger partial charge in [0.2, 0.25) is 5.91 Å². The van der Waals surface area contributed by atoms with Gasteiger partial charge in [-0.25, -0.2) is 4.57 Å². The molecule has 0 radical (unpaired) electrons. The zero-order valence-corrected chi connectivity index (χ0v) is 62.0. The van der Waals surface area contributed by atoms with E-state index in [0.29, 0.717) is 23.9 Å². The second-order valence-electron chi connectivity index (χ2n) is 27.9. The number of rotatable bonds is 72. The van der Waals surface area contributed by atoms with Gasteiger partial charge in [-0.3, -0.25) is 18.6 Å². The average molecular weight is 1300 g/mol. The first-order chi connectivity index (χ1) is 44.4. The molecule has 2 N–H and O–H groups in total. The van der Waals surface area contributed by atoms with Crippen LogP contribution in [-0.2, 0) is 27.9 Å². The van der Waals surface area contributed by atoms with E-state index < -0.39 is 20.0 Å². The van der Waals surface area contributed by atoms with Gasteiger partial charge in [0.05, 0.1) is 33.8 Å². The number of nitrogens with one attached hydrogen (secondary N) is 1. The Hall–Kier alpha value is -2.55. The van der Waals surface area contributed by atoms with Crippen molar-refractivity contribution in [2.24, 2.45) is 0 Å². The van der Waals surface area contributed by atoms with Gasteiger partial charge in [0.1, 0.15) is 19.3 Å². The maximum absolute atomic E-state index is 13.6. The third-order valence-corrected chi connectivity index (χ3v) is 18.6. The van der Waals surface area contributed by atoms with Gasteiger partial charge >= 0.3 is 13.8 Å². The molecule has 3 unspecified atom stereocenters. The molecule has 1 amide bonds. The molecule has 0 aromatic carbocycles. The lowest BCUT2D eigenvalue weighted by atomic mass is 10.0. The van der Waals surface area contributed by atoms with Crippen molar-refractivity contribution in [2.75, 3.05) is 40.9 Å². The lowest BCUT2D eigenvalue weighted by molar-refractivity contribution is -0.870. The molecule has 0 spiro atoms. The Labute approximate surface area is 565 Å². The number of amides is 1. The molecule has 0 rings (SSSR count). The van der Waals surface area contributed by atoms with Gasteiger partial charge in [0.25, 0.3) is 0 Å². The second-order valence-corrected chi connectivity index (χ2v) is 29.3. The Morgan fingerprint density at radius 1 is 0.385 bits per heavy atom. The van der Waals surface area contributed by atoms with E-state index in [4.69, 9.17) is 13.8 Å². The van der Waals surface area contributed by atoms with Crippen LogP contribution in [0.1, 0.15) is 380 Å². The van der Waals surface area contributed by atoms with Crippen LogP contribution in [0.25, 0.3) is 0 Å². The van der Waals surface area contributed by atoms with Crippen LogP contribution in [0.2, 0.25) is 0 Å². The molecule has 0 aliphatic heterocycles. The number of carbonyl (C=O) groups is 2. The van der Waals surface area contributed by atoms with Gasteiger partial charge in [0, 0.05) is 12.8 Å². The van der Waals surface area contributed by atoms with E-state index in [0.717, 1.165) is 77.0 Å². The predicted octanol–water partition coefficient (Wildman–Crippen LogP) is 25.5. The van der Waals surface area contributed by atoms with Crippen LogP contribution in [0.4, 0.5) is 0 Å². The van der Waals surface area contributed by atoms with Crippen molar-refractivity contribution in [2.45, 2.75) is 392 Å². The van der Waals surface area contributed by atoms with E-state index in [-0.39, 0.29) is 25.1 Å². The molecule has 0 heterocycles. The van der Waals surface area contributed by atoms with E-state index in [1.165, 1.54) is 270 Å². The number of hydrogen-bond donors (Lipinski definition) is 2. The summed E-state index contributed by atoms with van der Waals surface area (Å²) in [6, 6.07) is -0.852. The molecule has 91 heavy (non-hydrogen) atoms. The first-order valence-electron chi connectivity index (χ1n) is 39.3. The number of hydrogen-bond acceptors (Lipinski definition) is 6. The Balaban J connectivity index is 4.89. The summed E-state index contributed by atoms with van der Waals surface area (Å²) in [6.45, 7) is 7.02. The molecule has 0 bridgehead atoms. The van der Waals surface area contributed by atoms with E-state index in [2.05, 4.69) is 86.8 Å². The highest BCUT2D eigenvalue weighted by Crippen LogP contribution is 2.43. The van der Waals surface area contributed by atoms with Crippen LogP contribution in [0.15, 0.2) is 72.9 Å². The highest BCUT2D eigenvalue weighted by atomic mass is 31.2. The van der Waals surface area contributed by atoms with Crippen LogP contribution in [0.3, 0.4) is 0 Å². The van der Waals surface area contributed by atoms with Crippen LogP contribution in [0.5, 0.6) is 0 Å². The van der Waals surface area contributed by atoms with Crippen LogP contribution < -0.4 is 5.32 Å². The molecular formula is C81H152N2O7P+. The first kappa shape index (κ1) is 88.5. The predicted molar refractivity (Wildman–Crippen MR) is 397 cm³/mol. The molecule has 0 aromatic heterocycles. The van der Waals surface area contributed by atoms with Crippen molar-refractivity contribution >= 4 is 19.7 Å². The molecule has 0 aliphatic rings. The Morgan fingerprint density at radius 2 is 0.670 bits per heavy atom. The maximum Gasteiger partial charge on any atom is 0.472 e. The van der Waals surface area contributed by atoms with Gasteiger partial charge in [-0.1, -0.05) is 338 Å². The van der Waals surface area contributed by atoms with Crippen molar-refractivity contribution < 1.29 is 37.3 Å². The Bertz CT molecular complexity index is 1780. The van der Waals surface area contributed by atoms with Crippen molar-refractivity contribution in [3.8, 4) is 0 Å². The van der Waals surface area contributed by atoms with Gasteiger partial charge in [-0.05, 0) is 102 Å². The van der Waals surface area contributed by atoms with Crippen LogP contribution >= 0.6 is 7.82 Å². The summed E-state index contributed by atoms with van der Waals surface area (Å²) in [5, 5.41) is 3.08. The fourth-order valence-electron chi connectivity index (χ4n) is 11.6. The lowest BCUT2D eigenvalue weighted by Crippen LogP contribution is -2.47. The lowest BCUT2D eigenvalue weighted by Gasteiger charge is -2.27. The summed E-state index contributed by atoms with van der Waals surface area (Å²) in [7, 11) is 1.50. The summed E-state index contributed by atoms with van der Waals surface area (Å²) >= 11 is 0. The molecule has 532 valence electrons. The number of likely N-dealkylation sites (N-methyl/N-ethyl adjacent to an activating group) is 1.